The lowest BCUT2D eigenvalue weighted by molar-refractivity contribution is 0.287. The van der Waals surface area contributed by atoms with Gasteiger partial charge in [-0.1, -0.05) is 18.2 Å². The number of fused-ring (bicyclic) bond motifs is 1. The SMILES string of the molecule is O=c1nc(C2=CCOC=C2)c2ccccc2[nH]1. The summed E-state index contributed by atoms with van der Waals surface area (Å²) in [6.07, 6.45) is 5.35. The molecule has 1 aromatic carbocycles. The normalized spacial score (nSPS) is 14.5. The summed E-state index contributed by atoms with van der Waals surface area (Å²) in [5.74, 6) is 0. The second kappa shape index (κ2) is 3.90. The maximum Gasteiger partial charge on any atom is 0.345 e. The van der Waals surface area contributed by atoms with Crippen molar-refractivity contribution < 1.29 is 4.74 Å². The Kier molecular flexibility index (Phi) is 2.26. The van der Waals surface area contributed by atoms with E-state index in [2.05, 4.69) is 9.97 Å². The van der Waals surface area contributed by atoms with E-state index in [1.54, 1.807) is 6.26 Å². The van der Waals surface area contributed by atoms with E-state index in [4.69, 9.17) is 4.74 Å². The summed E-state index contributed by atoms with van der Waals surface area (Å²) < 4.78 is 5.09. The highest BCUT2D eigenvalue weighted by Gasteiger charge is 2.09. The molecule has 0 radical (unpaired) electrons. The molecule has 1 aromatic heterocycles. The van der Waals surface area contributed by atoms with Crippen LogP contribution in [0, 0.1) is 0 Å². The lowest BCUT2D eigenvalue weighted by atomic mass is 10.1. The van der Waals surface area contributed by atoms with Crippen molar-refractivity contribution in [2.24, 2.45) is 0 Å². The highest BCUT2D eigenvalue weighted by atomic mass is 16.5. The summed E-state index contributed by atoms with van der Waals surface area (Å²) in [4.78, 5) is 18.3. The molecule has 1 aliphatic rings. The van der Waals surface area contributed by atoms with E-state index in [1.165, 1.54) is 0 Å². The van der Waals surface area contributed by atoms with E-state index in [0.29, 0.717) is 12.3 Å². The zero-order chi connectivity index (χ0) is 11.7. The molecule has 0 bridgehead atoms. The summed E-state index contributed by atoms with van der Waals surface area (Å²) in [5, 5.41) is 0.935. The fourth-order valence-electron chi connectivity index (χ4n) is 1.88. The predicted octanol–water partition coefficient (Wildman–Crippen LogP) is 1.85. The van der Waals surface area contributed by atoms with E-state index in [1.807, 2.05) is 36.4 Å². The first-order chi connectivity index (χ1) is 8.34. The van der Waals surface area contributed by atoms with Crippen molar-refractivity contribution in [3.63, 3.8) is 0 Å². The Morgan fingerprint density at radius 2 is 2.18 bits per heavy atom. The molecule has 0 spiro atoms. The van der Waals surface area contributed by atoms with Crippen LogP contribution >= 0.6 is 0 Å². The molecule has 1 N–H and O–H groups in total. The predicted molar refractivity (Wildman–Crippen MR) is 65.4 cm³/mol. The summed E-state index contributed by atoms with van der Waals surface area (Å²) in [5.41, 5.74) is 2.07. The molecular formula is C13H10N2O2. The quantitative estimate of drug-likeness (QED) is 0.807. The molecule has 4 heteroatoms. The lowest BCUT2D eigenvalue weighted by Crippen LogP contribution is -2.13. The van der Waals surface area contributed by atoms with Crippen molar-refractivity contribution in [3.05, 3.63) is 58.9 Å². The molecule has 0 amide bonds. The Balaban J connectivity index is 2.31. The van der Waals surface area contributed by atoms with Crippen LogP contribution in [-0.4, -0.2) is 16.6 Å². The number of aromatic nitrogens is 2. The van der Waals surface area contributed by atoms with Gasteiger partial charge in [0.05, 0.1) is 17.5 Å². The minimum atomic E-state index is -0.334. The third-order valence-corrected chi connectivity index (χ3v) is 2.65. The highest BCUT2D eigenvalue weighted by molar-refractivity contribution is 5.92. The van der Waals surface area contributed by atoms with Crippen molar-refractivity contribution in [2.75, 3.05) is 6.61 Å². The molecule has 0 fully saturated rings. The van der Waals surface area contributed by atoms with Crippen LogP contribution in [0.5, 0.6) is 0 Å². The number of H-pyrrole nitrogens is 1. The first-order valence-corrected chi connectivity index (χ1v) is 5.32. The molecule has 2 aromatic rings. The van der Waals surface area contributed by atoms with Gasteiger partial charge in [-0.25, -0.2) is 4.79 Å². The molecule has 0 saturated carbocycles. The molecule has 0 atom stereocenters. The van der Waals surface area contributed by atoms with E-state index in [-0.39, 0.29) is 5.69 Å². The number of hydrogen-bond acceptors (Lipinski definition) is 3. The van der Waals surface area contributed by atoms with Gasteiger partial charge in [-0.3, -0.25) is 0 Å². The van der Waals surface area contributed by atoms with Crippen LogP contribution in [0.2, 0.25) is 0 Å². The number of benzene rings is 1. The molecule has 0 saturated heterocycles. The number of rotatable bonds is 1. The maximum absolute atomic E-state index is 11.5. The Bertz CT molecular complexity index is 683. The third kappa shape index (κ3) is 1.73. The molecule has 17 heavy (non-hydrogen) atoms. The summed E-state index contributed by atoms with van der Waals surface area (Å²) in [6, 6.07) is 7.62. The van der Waals surface area contributed by atoms with Crippen LogP contribution < -0.4 is 5.69 Å². The van der Waals surface area contributed by atoms with Crippen molar-refractivity contribution in [3.8, 4) is 0 Å². The second-order valence-corrected chi connectivity index (χ2v) is 3.73. The first-order valence-electron chi connectivity index (χ1n) is 5.32. The third-order valence-electron chi connectivity index (χ3n) is 2.65. The fraction of sp³-hybridized carbons (Fsp3) is 0.0769. The van der Waals surface area contributed by atoms with Crippen LogP contribution in [0.3, 0.4) is 0 Å². The van der Waals surface area contributed by atoms with E-state index < -0.39 is 0 Å². The van der Waals surface area contributed by atoms with Gasteiger partial charge in [0.15, 0.2) is 0 Å². The molecule has 2 heterocycles. The molecule has 0 aliphatic carbocycles. The standard InChI is InChI=1S/C13H10N2O2/c16-13-14-11-4-2-1-3-10(11)12(15-13)9-5-7-17-8-6-9/h1-7H,8H2,(H,14,15,16). The van der Waals surface area contributed by atoms with Crippen LogP contribution in [-0.2, 0) is 4.74 Å². The van der Waals surface area contributed by atoms with Gasteiger partial charge in [-0.05, 0) is 18.2 Å². The average molecular weight is 226 g/mol. The molecule has 0 unspecified atom stereocenters. The summed E-state index contributed by atoms with van der Waals surface area (Å²) in [7, 11) is 0. The number of para-hydroxylation sites is 1. The number of nitrogens with zero attached hydrogens (tertiary/aromatic N) is 1. The number of ether oxygens (including phenoxy) is 1. The molecule has 1 aliphatic heterocycles. The topological polar surface area (TPSA) is 55.0 Å². The molecule has 84 valence electrons. The Morgan fingerprint density at radius 3 is 3.00 bits per heavy atom. The van der Waals surface area contributed by atoms with Crippen LogP contribution in [0.1, 0.15) is 5.69 Å². The van der Waals surface area contributed by atoms with Crippen molar-refractivity contribution >= 4 is 16.5 Å². The van der Waals surface area contributed by atoms with E-state index in [9.17, 15) is 4.79 Å². The van der Waals surface area contributed by atoms with Gasteiger partial charge >= 0.3 is 5.69 Å². The molecule has 3 rings (SSSR count). The monoisotopic (exact) mass is 226 g/mol. The summed E-state index contributed by atoms with van der Waals surface area (Å²) >= 11 is 0. The maximum atomic E-state index is 11.5. The first kappa shape index (κ1) is 9.84. The number of nitrogens with one attached hydrogen (secondary N) is 1. The summed E-state index contributed by atoms with van der Waals surface area (Å²) in [6.45, 7) is 0.509. The van der Waals surface area contributed by atoms with Gasteiger partial charge in [-0.15, -0.1) is 0 Å². The lowest BCUT2D eigenvalue weighted by Gasteiger charge is -2.09. The van der Waals surface area contributed by atoms with Crippen molar-refractivity contribution in [2.45, 2.75) is 0 Å². The zero-order valence-corrected chi connectivity index (χ0v) is 9.01. The minimum absolute atomic E-state index is 0.334. The molecular weight excluding hydrogens is 216 g/mol. The number of hydrogen-bond donors (Lipinski definition) is 1. The van der Waals surface area contributed by atoms with Gasteiger partial charge in [0.25, 0.3) is 0 Å². The van der Waals surface area contributed by atoms with E-state index in [0.717, 1.165) is 16.5 Å². The Hall–Kier alpha value is -2.36. The number of aromatic amines is 1. The zero-order valence-electron chi connectivity index (χ0n) is 9.01. The van der Waals surface area contributed by atoms with Crippen LogP contribution in [0.4, 0.5) is 0 Å². The van der Waals surface area contributed by atoms with Crippen LogP contribution in [0.25, 0.3) is 16.5 Å². The fourth-order valence-corrected chi connectivity index (χ4v) is 1.88. The van der Waals surface area contributed by atoms with Crippen LogP contribution in [0.15, 0.2) is 47.5 Å². The van der Waals surface area contributed by atoms with Gasteiger partial charge in [0, 0.05) is 11.0 Å². The Labute approximate surface area is 97.3 Å². The average Bonchev–Trinajstić information content (AvgIpc) is 2.39. The highest BCUT2D eigenvalue weighted by Crippen LogP contribution is 2.22. The Morgan fingerprint density at radius 1 is 1.29 bits per heavy atom. The minimum Gasteiger partial charge on any atom is -0.497 e. The second-order valence-electron chi connectivity index (χ2n) is 3.73. The molecule has 4 nitrogen and oxygen atoms in total. The van der Waals surface area contributed by atoms with Gasteiger partial charge < -0.3 is 9.72 Å². The van der Waals surface area contributed by atoms with Gasteiger partial charge in [0.1, 0.15) is 6.61 Å². The van der Waals surface area contributed by atoms with Gasteiger partial charge in [0.2, 0.25) is 0 Å². The van der Waals surface area contributed by atoms with Gasteiger partial charge in [-0.2, -0.15) is 4.98 Å². The smallest absolute Gasteiger partial charge is 0.345 e. The van der Waals surface area contributed by atoms with Crippen molar-refractivity contribution in [1.29, 1.82) is 0 Å². The number of allylic oxidation sites excluding steroid dienone is 2. The van der Waals surface area contributed by atoms with E-state index >= 15 is 0 Å². The van der Waals surface area contributed by atoms with Crippen molar-refractivity contribution in [1.82, 2.24) is 9.97 Å². The largest absolute Gasteiger partial charge is 0.497 e.